The maximum atomic E-state index is 13.9. The Morgan fingerprint density at radius 3 is 2.62 bits per heavy atom. The second kappa shape index (κ2) is 9.63. The molecule has 1 unspecified atom stereocenters. The van der Waals surface area contributed by atoms with Gasteiger partial charge in [0.25, 0.3) is 5.91 Å². The third-order valence-electron chi connectivity index (χ3n) is 8.10. The van der Waals surface area contributed by atoms with Crippen LogP contribution in [0.1, 0.15) is 61.8 Å². The summed E-state index contributed by atoms with van der Waals surface area (Å²) < 4.78 is 8.72. The SMILES string of the molecule is CCc1cc2c(cc3n2CC(C)(C(=O)NC2CCC(C)CC2)N(CCN2CCOCC2)C3=O)s1. The number of carbonyl (C=O) groups excluding carboxylic acids is 2. The Morgan fingerprint density at radius 1 is 1.18 bits per heavy atom. The second-order valence-corrected chi connectivity index (χ2v) is 11.7. The molecule has 8 heteroatoms. The number of hydrogen-bond donors (Lipinski definition) is 1. The maximum absolute atomic E-state index is 13.9. The van der Waals surface area contributed by atoms with Crippen LogP contribution in [-0.4, -0.2) is 77.2 Å². The van der Waals surface area contributed by atoms with E-state index in [1.54, 1.807) is 11.3 Å². The Balaban J connectivity index is 1.43. The van der Waals surface area contributed by atoms with E-state index in [-0.39, 0.29) is 17.9 Å². The molecule has 3 aliphatic rings. The highest BCUT2D eigenvalue weighted by Gasteiger charge is 2.48. The Morgan fingerprint density at radius 2 is 1.91 bits per heavy atom. The van der Waals surface area contributed by atoms with Crippen LogP contribution in [-0.2, 0) is 22.5 Å². The zero-order valence-corrected chi connectivity index (χ0v) is 21.6. The van der Waals surface area contributed by atoms with Gasteiger partial charge in [0.1, 0.15) is 11.2 Å². The quantitative estimate of drug-likeness (QED) is 0.679. The molecule has 1 saturated carbocycles. The fourth-order valence-corrected chi connectivity index (χ4v) is 6.77. The third kappa shape index (κ3) is 4.40. The van der Waals surface area contributed by atoms with Crippen LogP contribution >= 0.6 is 11.3 Å². The maximum Gasteiger partial charge on any atom is 0.271 e. The smallest absolute Gasteiger partial charge is 0.271 e. The number of aromatic nitrogens is 1. The zero-order valence-electron chi connectivity index (χ0n) is 20.8. The van der Waals surface area contributed by atoms with Crippen molar-refractivity contribution in [3.63, 3.8) is 0 Å². The Labute approximate surface area is 206 Å². The number of aryl methyl sites for hydroxylation is 1. The Hall–Kier alpha value is -1.90. The molecular formula is C26H38N4O3S. The molecule has 2 aliphatic heterocycles. The minimum atomic E-state index is -0.917. The van der Waals surface area contributed by atoms with Gasteiger partial charge in [0.15, 0.2) is 0 Å². The summed E-state index contributed by atoms with van der Waals surface area (Å²) in [5, 5.41) is 3.35. The number of nitrogens with zero attached hydrogens (tertiary/aromatic N) is 3. The van der Waals surface area contributed by atoms with Crippen molar-refractivity contribution in [1.82, 2.24) is 19.7 Å². The number of nitrogens with one attached hydrogen (secondary N) is 1. The van der Waals surface area contributed by atoms with Crippen molar-refractivity contribution < 1.29 is 14.3 Å². The average Bonchev–Trinajstić information content (AvgIpc) is 3.39. The molecule has 5 rings (SSSR count). The van der Waals surface area contributed by atoms with Crippen LogP contribution in [0.2, 0.25) is 0 Å². The highest BCUT2D eigenvalue weighted by atomic mass is 32.1. The molecular weight excluding hydrogens is 448 g/mol. The van der Waals surface area contributed by atoms with Crippen molar-refractivity contribution in [3.8, 4) is 0 Å². The third-order valence-corrected chi connectivity index (χ3v) is 9.31. The van der Waals surface area contributed by atoms with E-state index < -0.39 is 5.54 Å². The first-order valence-electron chi connectivity index (χ1n) is 12.9. The summed E-state index contributed by atoms with van der Waals surface area (Å²) in [4.78, 5) is 33.2. The number of carbonyl (C=O) groups is 2. The summed E-state index contributed by atoms with van der Waals surface area (Å²) in [5.41, 5.74) is 0.880. The molecule has 7 nitrogen and oxygen atoms in total. The predicted octanol–water partition coefficient (Wildman–Crippen LogP) is 3.51. The van der Waals surface area contributed by atoms with Gasteiger partial charge in [-0.25, -0.2) is 0 Å². The molecule has 2 fully saturated rings. The summed E-state index contributed by atoms with van der Waals surface area (Å²) in [6, 6.07) is 4.43. The van der Waals surface area contributed by atoms with Gasteiger partial charge in [-0.15, -0.1) is 11.3 Å². The summed E-state index contributed by atoms with van der Waals surface area (Å²) in [6.45, 7) is 11.4. The fraction of sp³-hybridized carbons (Fsp3) is 0.692. The predicted molar refractivity (Wildman–Crippen MR) is 135 cm³/mol. The lowest BCUT2D eigenvalue weighted by molar-refractivity contribution is -0.134. The van der Waals surface area contributed by atoms with E-state index in [0.29, 0.717) is 18.8 Å². The van der Waals surface area contributed by atoms with Gasteiger partial charge in [0.2, 0.25) is 5.91 Å². The minimum Gasteiger partial charge on any atom is -0.379 e. The molecule has 2 aromatic rings. The first-order chi connectivity index (χ1) is 16.4. The molecule has 4 heterocycles. The van der Waals surface area contributed by atoms with Crippen molar-refractivity contribution in [3.05, 3.63) is 22.7 Å². The number of thiophene rings is 1. The van der Waals surface area contributed by atoms with E-state index in [1.165, 1.54) is 4.88 Å². The van der Waals surface area contributed by atoms with Crippen molar-refractivity contribution >= 4 is 33.4 Å². The van der Waals surface area contributed by atoms with Gasteiger partial charge in [-0.05, 0) is 57.1 Å². The number of hydrogen-bond acceptors (Lipinski definition) is 5. The van der Waals surface area contributed by atoms with Crippen LogP contribution in [0.25, 0.3) is 10.2 Å². The van der Waals surface area contributed by atoms with Crippen LogP contribution in [0.4, 0.5) is 0 Å². The lowest BCUT2D eigenvalue weighted by Gasteiger charge is -2.45. The van der Waals surface area contributed by atoms with Gasteiger partial charge >= 0.3 is 0 Å². The summed E-state index contributed by atoms with van der Waals surface area (Å²) in [5.74, 6) is 0.684. The van der Waals surface area contributed by atoms with E-state index in [1.807, 2.05) is 17.9 Å². The topological polar surface area (TPSA) is 66.8 Å². The van der Waals surface area contributed by atoms with Crippen LogP contribution in [0.5, 0.6) is 0 Å². The second-order valence-electron chi connectivity index (χ2n) is 10.5. The van der Waals surface area contributed by atoms with E-state index >= 15 is 0 Å². The lowest BCUT2D eigenvalue weighted by atomic mass is 9.86. The fourth-order valence-electron chi connectivity index (χ4n) is 5.72. The van der Waals surface area contributed by atoms with E-state index in [4.69, 9.17) is 4.74 Å². The average molecular weight is 487 g/mol. The van der Waals surface area contributed by atoms with E-state index in [2.05, 4.69) is 34.7 Å². The number of amides is 2. The lowest BCUT2D eigenvalue weighted by Crippen LogP contribution is -2.66. The number of fused-ring (bicyclic) bond motifs is 3. The highest BCUT2D eigenvalue weighted by molar-refractivity contribution is 7.19. The molecule has 1 N–H and O–H groups in total. The molecule has 2 amide bonds. The van der Waals surface area contributed by atoms with Gasteiger partial charge in [-0.1, -0.05) is 13.8 Å². The zero-order chi connectivity index (χ0) is 23.9. The molecule has 0 spiro atoms. The van der Waals surface area contributed by atoms with Crippen LogP contribution in [0.3, 0.4) is 0 Å². The number of rotatable bonds is 6. The Kier molecular flexibility index (Phi) is 6.75. The number of morpholine rings is 1. The molecule has 1 saturated heterocycles. The van der Waals surface area contributed by atoms with E-state index in [9.17, 15) is 9.59 Å². The normalized spacial score (nSPS) is 28.3. The highest BCUT2D eigenvalue weighted by Crippen LogP contribution is 2.36. The van der Waals surface area contributed by atoms with Gasteiger partial charge in [0.05, 0.1) is 30.0 Å². The first-order valence-corrected chi connectivity index (χ1v) is 13.8. The standard InChI is InChI=1S/C26H38N4O3S/c1-4-20-15-21-23(34-20)16-22-24(31)30(10-9-28-11-13-33-14-12-28)26(3,17-29(21)22)25(32)27-19-7-5-18(2)6-8-19/h15-16,18-19H,4-14,17H2,1-3H3,(H,27,32). The molecule has 34 heavy (non-hydrogen) atoms. The monoisotopic (exact) mass is 486 g/mol. The van der Waals surface area contributed by atoms with Crippen LogP contribution in [0, 0.1) is 5.92 Å². The largest absolute Gasteiger partial charge is 0.379 e. The summed E-state index contributed by atoms with van der Waals surface area (Å²) >= 11 is 1.75. The van der Waals surface area contributed by atoms with Gasteiger partial charge in [0, 0.05) is 37.1 Å². The molecule has 0 radical (unpaired) electrons. The van der Waals surface area contributed by atoms with Gasteiger partial charge < -0.3 is 19.5 Å². The molecule has 1 atom stereocenters. The molecule has 1 aliphatic carbocycles. The van der Waals surface area contributed by atoms with Crippen LogP contribution in [0.15, 0.2) is 12.1 Å². The van der Waals surface area contributed by atoms with Gasteiger partial charge in [-0.3, -0.25) is 14.5 Å². The molecule has 0 bridgehead atoms. The molecule has 186 valence electrons. The van der Waals surface area contributed by atoms with Crippen molar-refractivity contribution in [2.45, 2.75) is 71.0 Å². The molecule has 0 aromatic carbocycles. The van der Waals surface area contributed by atoms with Crippen molar-refractivity contribution in [1.29, 1.82) is 0 Å². The number of ether oxygens (including phenoxy) is 1. The molecule has 2 aromatic heterocycles. The first kappa shape index (κ1) is 23.8. The van der Waals surface area contributed by atoms with Crippen LogP contribution < -0.4 is 5.32 Å². The van der Waals surface area contributed by atoms with Crippen molar-refractivity contribution in [2.24, 2.45) is 5.92 Å². The Bertz CT molecular complexity index is 1050. The summed E-state index contributed by atoms with van der Waals surface area (Å²) in [6.07, 6.45) is 5.32. The minimum absolute atomic E-state index is 0.0131. The van der Waals surface area contributed by atoms with Crippen molar-refractivity contribution in [2.75, 3.05) is 39.4 Å². The van der Waals surface area contributed by atoms with E-state index in [0.717, 1.165) is 81.1 Å². The van der Waals surface area contributed by atoms with Gasteiger partial charge in [-0.2, -0.15) is 0 Å². The summed E-state index contributed by atoms with van der Waals surface area (Å²) in [7, 11) is 0.